The molecule has 0 aliphatic heterocycles. The number of nitro benzene ring substituents is 2. The van der Waals surface area contributed by atoms with E-state index in [2.05, 4.69) is 20.2 Å². The van der Waals surface area contributed by atoms with Gasteiger partial charge in [0.25, 0.3) is 22.2 Å². The van der Waals surface area contributed by atoms with E-state index in [4.69, 9.17) is 8.83 Å². The lowest BCUT2D eigenvalue weighted by atomic mass is 10.1. The average Bonchev–Trinajstić information content (AvgIpc) is 3.83. The fourth-order valence-electron chi connectivity index (χ4n) is 6.50. The van der Waals surface area contributed by atoms with Crippen LogP contribution >= 0.6 is 0 Å². The van der Waals surface area contributed by atoms with Gasteiger partial charge in [0.05, 0.1) is 21.2 Å². The second kappa shape index (κ2) is 14.5. The number of benzene rings is 5. The Kier molecular flexibility index (Phi) is 8.82. The molecular weight excluding hydrogens is 777 g/mol. The molecule has 0 aliphatic carbocycles. The number of nitrogens with one attached hydrogen (secondary N) is 2. The molecule has 2 N–H and O–H groups in total. The zero-order valence-electron chi connectivity index (χ0n) is 30.5. The Morgan fingerprint density at radius 3 is 1.27 bits per heavy atom. The predicted molar refractivity (Wildman–Crippen MR) is 218 cm³/mol. The lowest BCUT2D eigenvalue weighted by Crippen LogP contribution is -2.16. The summed E-state index contributed by atoms with van der Waals surface area (Å²) in [6, 6.07) is 27.7. The second-order valence-electron chi connectivity index (χ2n) is 13.1. The maximum atomic E-state index is 14.3. The van der Waals surface area contributed by atoms with E-state index in [-0.39, 0.29) is 78.5 Å². The molecule has 0 saturated carbocycles. The summed E-state index contributed by atoms with van der Waals surface area (Å²) in [5.41, 5.74) is -1.09. The van der Waals surface area contributed by atoms with Crippen molar-refractivity contribution in [3.05, 3.63) is 185 Å². The van der Waals surface area contributed by atoms with E-state index in [1.54, 1.807) is 60.7 Å². The molecule has 0 spiro atoms. The number of para-hydroxylation sites is 2. The number of hydrogen-bond acceptors (Lipinski definition) is 12. The molecule has 60 heavy (non-hydrogen) atoms. The molecule has 0 atom stereocenters. The van der Waals surface area contributed by atoms with Crippen molar-refractivity contribution in [2.75, 3.05) is 0 Å². The Morgan fingerprint density at radius 2 is 0.917 bits per heavy atom. The van der Waals surface area contributed by atoms with E-state index < -0.39 is 32.3 Å². The van der Waals surface area contributed by atoms with Gasteiger partial charge in [0.15, 0.2) is 11.6 Å². The van der Waals surface area contributed by atoms with Crippen LogP contribution in [0.15, 0.2) is 140 Å². The summed E-state index contributed by atoms with van der Waals surface area (Å²) in [7, 11) is 0. The van der Waals surface area contributed by atoms with Crippen molar-refractivity contribution >= 4 is 79.8 Å². The number of nitro groups is 2. The highest BCUT2D eigenvalue weighted by molar-refractivity contribution is 6.08. The first-order chi connectivity index (χ1) is 29.0. The molecule has 0 radical (unpaired) electrons. The van der Waals surface area contributed by atoms with Crippen LogP contribution in [-0.2, 0) is 0 Å². The number of carbonyl (C=O) groups is 2. The van der Waals surface area contributed by atoms with E-state index in [1.807, 2.05) is 0 Å². The minimum absolute atomic E-state index is 0.0234. The second-order valence-corrected chi connectivity index (χ2v) is 13.1. The largest absolute Gasteiger partial charge is 0.430 e. The molecule has 18 nitrogen and oxygen atoms in total. The van der Waals surface area contributed by atoms with Crippen molar-refractivity contribution in [3.8, 4) is 11.4 Å². The van der Waals surface area contributed by atoms with Crippen molar-refractivity contribution in [2.45, 2.75) is 0 Å². The van der Waals surface area contributed by atoms with Crippen molar-refractivity contribution in [3.63, 3.8) is 0 Å². The van der Waals surface area contributed by atoms with Gasteiger partial charge in [-0.25, -0.2) is 0 Å². The summed E-state index contributed by atoms with van der Waals surface area (Å²) in [4.78, 5) is 81.9. The van der Waals surface area contributed by atoms with Gasteiger partial charge in [0, 0.05) is 35.4 Å². The Balaban J connectivity index is 1.21. The van der Waals surface area contributed by atoms with E-state index in [0.29, 0.717) is 11.4 Å². The summed E-state index contributed by atoms with van der Waals surface area (Å²) in [6.45, 7) is 0. The highest BCUT2D eigenvalue weighted by Crippen LogP contribution is 2.28. The molecule has 18 heteroatoms. The number of fused-ring (bicyclic) bond motifs is 4. The number of H-pyrrole nitrogens is 2. The van der Waals surface area contributed by atoms with E-state index in [1.165, 1.54) is 82.2 Å². The highest BCUT2D eigenvalue weighted by atomic mass is 16.6. The molecule has 0 aliphatic rings. The average molecular weight is 801 g/mol. The number of rotatable bonds is 10. The van der Waals surface area contributed by atoms with Crippen molar-refractivity contribution in [1.82, 2.24) is 29.5 Å². The number of aromatic nitrogens is 6. The molecule has 292 valence electrons. The van der Waals surface area contributed by atoms with Gasteiger partial charge in [-0.3, -0.25) is 39.4 Å². The van der Waals surface area contributed by atoms with Crippen LogP contribution in [0.2, 0.25) is 0 Å². The van der Waals surface area contributed by atoms with Gasteiger partial charge in [-0.2, -0.15) is 19.6 Å². The van der Waals surface area contributed by atoms with Crippen LogP contribution in [0.5, 0.6) is 0 Å². The number of ketones is 2. The fraction of sp³-hybridized carbons (Fsp3) is 0. The molecule has 9 aromatic rings. The van der Waals surface area contributed by atoms with Crippen LogP contribution in [0.3, 0.4) is 0 Å². The standard InChI is InChI=1S/C42H24N8O10/c51-31(23-11-15-27(16-12-23)49(55)56)21-19-29-33-41(47(45-29)25-7-3-1-4-8-25)59-39-35(43-33)38(54)40-36(37(39)53)44-34-30(46-48(42(34)60-40)26-9-5-2-6-10-26)20-22-32(52)24-13-17-28(18-14-24)50(57)58/h1-22,43-44H/b21-19+,22-20+. The Hall–Kier alpha value is -9.06. The van der Waals surface area contributed by atoms with Crippen LogP contribution in [-0.4, -0.2) is 50.9 Å². The maximum Gasteiger partial charge on any atom is 0.269 e. The first kappa shape index (κ1) is 36.6. The predicted octanol–water partition coefficient (Wildman–Crippen LogP) is 7.40. The van der Waals surface area contributed by atoms with Crippen LogP contribution in [0.25, 0.3) is 68.2 Å². The molecule has 4 heterocycles. The van der Waals surface area contributed by atoms with E-state index in [0.717, 1.165) is 0 Å². The fourth-order valence-corrected chi connectivity index (χ4v) is 6.50. The van der Waals surface area contributed by atoms with Gasteiger partial charge in [-0.05, 0) is 72.8 Å². The Labute approximate surface area is 332 Å². The van der Waals surface area contributed by atoms with Crippen LogP contribution in [0.4, 0.5) is 11.4 Å². The van der Waals surface area contributed by atoms with Crippen LogP contribution < -0.4 is 10.9 Å². The molecule has 5 aromatic carbocycles. The van der Waals surface area contributed by atoms with Gasteiger partial charge >= 0.3 is 0 Å². The summed E-state index contributed by atoms with van der Waals surface area (Å²) in [5, 5.41) is 31.4. The Bertz CT molecular complexity index is 3210. The SMILES string of the molecule is O=C(/C=C/c1nn(-c2ccccc2)c2oc3c(=O)c4[nH]c5c(/C=C/C(=O)c6ccc([N+](=O)[O-])cc6)nn(-c6ccccc6)c5oc4c(=O)c3[nH]c12)c1ccc([N+](=O)[O-])cc1. The number of non-ortho nitro benzene ring substituents is 2. The molecule has 0 fully saturated rings. The number of carbonyl (C=O) groups excluding carboxylic acids is 2. The smallest absolute Gasteiger partial charge is 0.269 e. The normalized spacial score (nSPS) is 11.7. The lowest BCUT2D eigenvalue weighted by molar-refractivity contribution is -0.385. The van der Waals surface area contributed by atoms with Gasteiger partial charge < -0.3 is 18.8 Å². The van der Waals surface area contributed by atoms with Crippen molar-refractivity contribution in [2.24, 2.45) is 0 Å². The number of aromatic amines is 2. The minimum Gasteiger partial charge on any atom is -0.430 e. The molecule has 9 rings (SSSR count). The first-order valence-corrected chi connectivity index (χ1v) is 17.8. The first-order valence-electron chi connectivity index (χ1n) is 17.8. The zero-order chi connectivity index (χ0) is 41.7. The summed E-state index contributed by atoms with van der Waals surface area (Å²) in [5.74, 6) is -0.971. The van der Waals surface area contributed by atoms with Crippen LogP contribution in [0, 0.1) is 20.2 Å². The molecular formula is C42H24N8O10. The van der Waals surface area contributed by atoms with Crippen molar-refractivity contribution in [1.29, 1.82) is 0 Å². The van der Waals surface area contributed by atoms with Crippen LogP contribution in [0.1, 0.15) is 32.1 Å². The zero-order valence-corrected chi connectivity index (χ0v) is 30.5. The third-order valence-electron chi connectivity index (χ3n) is 9.47. The highest BCUT2D eigenvalue weighted by Gasteiger charge is 2.24. The molecule has 0 saturated heterocycles. The molecule has 0 bridgehead atoms. The third kappa shape index (κ3) is 6.36. The lowest BCUT2D eigenvalue weighted by Gasteiger charge is -2.06. The van der Waals surface area contributed by atoms with Gasteiger partial charge in [-0.15, -0.1) is 0 Å². The quantitative estimate of drug-likeness (QED) is 0.0451. The van der Waals surface area contributed by atoms with Gasteiger partial charge in [0.1, 0.15) is 33.5 Å². The molecule has 0 unspecified atom stereocenters. The van der Waals surface area contributed by atoms with Gasteiger partial charge in [0.2, 0.25) is 22.6 Å². The van der Waals surface area contributed by atoms with Crippen molar-refractivity contribution < 1.29 is 28.3 Å². The number of allylic oxidation sites excluding steroid dienone is 2. The Morgan fingerprint density at radius 1 is 0.550 bits per heavy atom. The monoisotopic (exact) mass is 800 g/mol. The minimum atomic E-state index is -0.765. The number of nitrogens with zero attached hydrogens (tertiary/aromatic N) is 6. The summed E-state index contributed by atoms with van der Waals surface area (Å²) < 4.78 is 15.2. The molecule has 0 amide bonds. The topological polar surface area (TPSA) is 248 Å². The van der Waals surface area contributed by atoms with E-state index >= 15 is 0 Å². The maximum absolute atomic E-state index is 14.3. The summed E-state index contributed by atoms with van der Waals surface area (Å²) >= 11 is 0. The molecule has 4 aromatic heterocycles. The summed E-state index contributed by atoms with van der Waals surface area (Å²) in [6.07, 6.45) is 5.19. The third-order valence-corrected chi connectivity index (χ3v) is 9.47. The van der Waals surface area contributed by atoms with Gasteiger partial charge in [-0.1, -0.05) is 36.4 Å². The number of hydrogen-bond donors (Lipinski definition) is 2. The van der Waals surface area contributed by atoms with E-state index in [9.17, 15) is 39.4 Å².